The molecule has 0 atom stereocenters. The summed E-state index contributed by atoms with van der Waals surface area (Å²) in [6.45, 7) is 9.17. The van der Waals surface area contributed by atoms with E-state index < -0.39 is 0 Å². The van der Waals surface area contributed by atoms with Crippen LogP contribution in [0.4, 0.5) is 11.4 Å². The van der Waals surface area contributed by atoms with Crippen molar-refractivity contribution in [2.75, 3.05) is 17.2 Å². The molecule has 0 aliphatic rings. The fourth-order valence-electron chi connectivity index (χ4n) is 3.69. The molecule has 184 valence electrons. The Balaban J connectivity index is 1.63. The monoisotopic (exact) mass is 472 g/mol. The number of rotatable bonds is 10. The van der Waals surface area contributed by atoms with E-state index in [1.807, 2.05) is 42.5 Å². The van der Waals surface area contributed by atoms with Gasteiger partial charge in [-0.25, -0.2) is 0 Å². The summed E-state index contributed by atoms with van der Waals surface area (Å²) in [5.41, 5.74) is 3.46. The lowest BCUT2D eigenvalue weighted by Crippen LogP contribution is -2.15. The van der Waals surface area contributed by atoms with Crippen molar-refractivity contribution in [2.45, 2.75) is 58.8 Å². The van der Waals surface area contributed by atoms with E-state index in [1.165, 1.54) is 18.4 Å². The first kappa shape index (κ1) is 26.0. The van der Waals surface area contributed by atoms with Crippen molar-refractivity contribution in [3.63, 3.8) is 0 Å². The van der Waals surface area contributed by atoms with Crippen molar-refractivity contribution in [1.29, 1.82) is 0 Å². The van der Waals surface area contributed by atoms with Crippen LogP contribution >= 0.6 is 0 Å². The van der Waals surface area contributed by atoms with Crippen LogP contribution < -0.4 is 15.4 Å². The molecule has 2 N–H and O–H groups in total. The molecule has 0 fully saturated rings. The summed E-state index contributed by atoms with van der Waals surface area (Å²) in [4.78, 5) is 25.7. The van der Waals surface area contributed by atoms with Crippen LogP contribution in [-0.4, -0.2) is 18.4 Å². The van der Waals surface area contributed by atoms with E-state index in [0.717, 1.165) is 12.8 Å². The molecule has 0 aliphatic carbocycles. The number of anilines is 2. The predicted octanol–water partition coefficient (Wildman–Crippen LogP) is 7.45. The fraction of sp³-hybridized carbons (Fsp3) is 0.333. The highest BCUT2D eigenvalue weighted by Crippen LogP contribution is 2.24. The summed E-state index contributed by atoms with van der Waals surface area (Å²) in [6.07, 6.45) is 4.43. The van der Waals surface area contributed by atoms with Crippen molar-refractivity contribution in [1.82, 2.24) is 0 Å². The summed E-state index contributed by atoms with van der Waals surface area (Å²) < 4.78 is 5.88. The van der Waals surface area contributed by atoms with Gasteiger partial charge in [0.25, 0.3) is 11.8 Å². The third-order valence-corrected chi connectivity index (χ3v) is 5.78. The van der Waals surface area contributed by atoms with Crippen LogP contribution in [0.5, 0.6) is 5.75 Å². The molecule has 35 heavy (non-hydrogen) atoms. The van der Waals surface area contributed by atoms with Crippen molar-refractivity contribution < 1.29 is 14.3 Å². The molecule has 2 amide bonds. The average molecular weight is 473 g/mol. The lowest BCUT2D eigenvalue weighted by atomic mass is 9.87. The highest BCUT2D eigenvalue weighted by molar-refractivity contribution is 6.07. The third kappa shape index (κ3) is 7.71. The van der Waals surface area contributed by atoms with Gasteiger partial charge in [0.15, 0.2) is 0 Å². The Hall–Kier alpha value is -3.60. The number of hydrogen-bond donors (Lipinski definition) is 2. The number of hydrogen-bond acceptors (Lipinski definition) is 3. The van der Waals surface area contributed by atoms with Gasteiger partial charge in [-0.3, -0.25) is 9.59 Å². The van der Waals surface area contributed by atoms with Crippen LogP contribution in [0.15, 0.2) is 72.8 Å². The number of benzene rings is 3. The third-order valence-electron chi connectivity index (χ3n) is 5.78. The van der Waals surface area contributed by atoms with Gasteiger partial charge in [-0.2, -0.15) is 0 Å². The van der Waals surface area contributed by atoms with Crippen LogP contribution in [0.25, 0.3) is 0 Å². The summed E-state index contributed by atoms with van der Waals surface area (Å²) in [5.74, 6) is 0.121. The van der Waals surface area contributed by atoms with Gasteiger partial charge in [0.05, 0.1) is 12.2 Å². The Kier molecular flexibility index (Phi) is 9.07. The SMILES string of the molecule is CCCCCCOc1ccccc1C(=O)Nc1cccc(NC(=O)c2ccc(C(C)(C)C)cc2)c1. The molecule has 0 heterocycles. The number of carbonyl (C=O) groups excluding carboxylic acids is 2. The van der Waals surface area contributed by atoms with E-state index in [2.05, 4.69) is 38.3 Å². The second-order valence-electron chi connectivity index (χ2n) is 9.72. The van der Waals surface area contributed by atoms with Gasteiger partial charge >= 0.3 is 0 Å². The molecule has 0 spiro atoms. The zero-order valence-electron chi connectivity index (χ0n) is 21.2. The molecule has 5 heteroatoms. The topological polar surface area (TPSA) is 67.4 Å². The number of carbonyl (C=O) groups is 2. The van der Waals surface area contributed by atoms with E-state index in [0.29, 0.717) is 34.9 Å². The van der Waals surface area contributed by atoms with Crippen molar-refractivity contribution in [3.8, 4) is 5.75 Å². The first-order valence-corrected chi connectivity index (χ1v) is 12.3. The van der Waals surface area contributed by atoms with Gasteiger partial charge in [-0.05, 0) is 59.9 Å². The van der Waals surface area contributed by atoms with Gasteiger partial charge in [-0.1, -0.05) is 77.3 Å². The molecule has 3 aromatic rings. The minimum Gasteiger partial charge on any atom is -0.493 e. The van der Waals surface area contributed by atoms with Gasteiger partial charge < -0.3 is 15.4 Å². The number of ether oxygens (including phenoxy) is 1. The highest BCUT2D eigenvalue weighted by Gasteiger charge is 2.15. The summed E-state index contributed by atoms with van der Waals surface area (Å²) in [7, 11) is 0. The highest BCUT2D eigenvalue weighted by atomic mass is 16.5. The van der Waals surface area contributed by atoms with Crippen molar-refractivity contribution in [3.05, 3.63) is 89.5 Å². The largest absolute Gasteiger partial charge is 0.493 e. The Morgan fingerprint density at radius 3 is 2.09 bits per heavy atom. The minimum atomic E-state index is -0.254. The second-order valence-corrected chi connectivity index (χ2v) is 9.72. The molecule has 0 saturated heterocycles. The Morgan fingerprint density at radius 1 is 0.771 bits per heavy atom. The van der Waals surface area contributed by atoms with Gasteiger partial charge in [0, 0.05) is 16.9 Å². The van der Waals surface area contributed by atoms with Crippen molar-refractivity contribution in [2.24, 2.45) is 0 Å². The molecule has 0 saturated carbocycles. The Morgan fingerprint density at radius 2 is 1.43 bits per heavy atom. The first-order valence-electron chi connectivity index (χ1n) is 12.3. The van der Waals surface area contributed by atoms with E-state index in [4.69, 9.17) is 4.74 Å². The molecular weight excluding hydrogens is 436 g/mol. The number of nitrogens with one attached hydrogen (secondary N) is 2. The van der Waals surface area contributed by atoms with Crippen molar-refractivity contribution >= 4 is 23.2 Å². The number of para-hydroxylation sites is 1. The van der Waals surface area contributed by atoms with Crippen LogP contribution in [0.1, 0.15) is 79.7 Å². The van der Waals surface area contributed by atoms with Crippen LogP contribution in [-0.2, 0) is 5.41 Å². The minimum absolute atomic E-state index is 0.0280. The molecular formula is C30H36N2O3. The smallest absolute Gasteiger partial charge is 0.259 e. The van der Waals surface area contributed by atoms with Gasteiger partial charge in [0.1, 0.15) is 5.75 Å². The quantitative estimate of drug-likeness (QED) is 0.301. The molecule has 0 radical (unpaired) electrons. The number of unbranched alkanes of at least 4 members (excludes halogenated alkanes) is 3. The maximum absolute atomic E-state index is 13.0. The molecule has 0 aromatic heterocycles. The molecule has 0 unspecified atom stereocenters. The van der Waals surface area contributed by atoms with Gasteiger partial charge in [-0.15, -0.1) is 0 Å². The molecule has 0 bridgehead atoms. The second kappa shape index (κ2) is 12.2. The van der Waals surface area contributed by atoms with E-state index >= 15 is 0 Å². The van der Waals surface area contributed by atoms with E-state index in [1.54, 1.807) is 30.3 Å². The number of amides is 2. The summed E-state index contributed by atoms with van der Waals surface area (Å²) >= 11 is 0. The van der Waals surface area contributed by atoms with E-state index in [9.17, 15) is 9.59 Å². The maximum Gasteiger partial charge on any atom is 0.259 e. The molecule has 5 nitrogen and oxygen atoms in total. The van der Waals surface area contributed by atoms with Gasteiger partial charge in [0.2, 0.25) is 0 Å². The maximum atomic E-state index is 13.0. The Bertz CT molecular complexity index is 1130. The molecule has 0 aliphatic heterocycles. The zero-order valence-corrected chi connectivity index (χ0v) is 21.2. The standard InChI is InChI=1S/C30H36N2O3/c1-5-6-7-10-20-35-27-15-9-8-14-26(27)29(34)32-25-13-11-12-24(21-25)31-28(33)22-16-18-23(19-17-22)30(2,3)4/h8-9,11-19,21H,5-7,10,20H2,1-4H3,(H,31,33)(H,32,34). The predicted molar refractivity (Wildman–Crippen MR) is 144 cm³/mol. The molecule has 3 aromatic carbocycles. The van der Waals surface area contributed by atoms with Crippen LogP contribution in [0.3, 0.4) is 0 Å². The summed E-state index contributed by atoms with van der Waals surface area (Å²) in [5, 5.41) is 5.83. The Labute approximate surface area is 208 Å². The molecule has 3 rings (SSSR count). The fourth-order valence-corrected chi connectivity index (χ4v) is 3.69. The summed E-state index contributed by atoms with van der Waals surface area (Å²) in [6, 6.07) is 22.0. The zero-order chi connectivity index (χ0) is 25.3. The lowest BCUT2D eigenvalue weighted by Gasteiger charge is -2.19. The lowest BCUT2D eigenvalue weighted by molar-refractivity contribution is 0.101. The van der Waals surface area contributed by atoms with E-state index in [-0.39, 0.29) is 17.2 Å². The average Bonchev–Trinajstić information content (AvgIpc) is 2.84. The van der Waals surface area contributed by atoms with Crippen LogP contribution in [0, 0.1) is 0 Å². The first-order chi connectivity index (χ1) is 16.8. The van der Waals surface area contributed by atoms with Crippen LogP contribution in [0.2, 0.25) is 0 Å². The normalized spacial score (nSPS) is 11.1.